The summed E-state index contributed by atoms with van der Waals surface area (Å²) in [5.41, 5.74) is -0.787. The predicted molar refractivity (Wildman–Crippen MR) is 70.1 cm³/mol. The highest BCUT2D eigenvalue weighted by atomic mass is 16.6. The third-order valence-electron chi connectivity index (χ3n) is 4.65. The average Bonchev–Trinajstić information content (AvgIpc) is 2.38. The fourth-order valence-electron chi connectivity index (χ4n) is 3.87. The number of carbonyl (C=O) groups excluding carboxylic acids is 3. The van der Waals surface area contributed by atoms with Crippen LogP contribution in [0.1, 0.15) is 25.3 Å². The summed E-state index contributed by atoms with van der Waals surface area (Å²) in [7, 11) is 0. The number of rotatable bonds is 1. The fraction of sp³-hybridized carbons (Fsp3) is 0.400. The number of fused-ring (bicyclic) bond motifs is 4. The monoisotopic (exact) mass is 287 g/mol. The quantitative estimate of drug-likeness (QED) is 0.782. The molecular formula is C15H13NO5. The van der Waals surface area contributed by atoms with Crippen molar-refractivity contribution in [1.29, 1.82) is 0 Å². The lowest BCUT2D eigenvalue weighted by Gasteiger charge is -2.65. The Morgan fingerprint density at radius 2 is 2.10 bits per heavy atom. The molecule has 4 rings (SSSR count). The SMILES string of the molecule is CC(=O)O[C@]12c3ccccc3NC(=O)[C@H]1C[C@@]21CC(=O)O1. The normalized spacial score (nSPS) is 35.6. The second-order valence-electron chi connectivity index (χ2n) is 5.77. The van der Waals surface area contributed by atoms with Crippen LogP contribution in [0.2, 0.25) is 0 Å². The first-order chi connectivity index (χ1) is 9.98. The van der Waals surface area contributed by atoms with E-state index < -0.39 is 23.1 Å². The molecule has 1 aromatic carbocycles. The number of esters is 2. The van der Waals surface area contributed by atoms with Crippen molar-refractivity contribution < 1.29 is 23.9 Å². The van der Waals surface area contributed by atoms with Gasteiger partial charge in [-0.05, 0) is 6.07 Å². The summed E-state index contributed by atoms with van der Waals surface area (Å²) in [4.78, 5) is 35.2. The highest BCUT2D eigenvalue weighted by Gasteiger charge is 2.79. The Morgan fingerprint density at radius 3 is 2.76 bits per heavy atom. The molecule has 6 nitrogen and oxygen atoms in total. The lowest BCUT2D eigenvalue weighted by Crippen LogP contribution is -2.78. The van der Waals surface area contributed by atoms with Crippen LogP contribution in [0.25, 0.3) is 0 Å². The molecule has 1 aliphatic carbocycles. The molecule has 1 N–H and O–H groups in total. The molecule has 1 saturated heterocycles. The molecule has 2 aliphatic heterocycles. The highest BCUT2D eigenvalue weighted by molar-refractivity contribution is 6.00. The van der Waals surface area contributed by atoms with E-state index in [0.717, 1.165) is 0 Å². The summed E-state index contributed by atoms with van der Waals surface area (Å²) in [6, 6.07) is 7.16. The van der Waals surface area contributed by atoms with Gasteiger partial charge in [-0.1, -0.05) is 18.2 Å². The lowest BCUT2D eigenvalue weighted by molar-refractivity contribution is -0.313. The van der Waals surface area contributed by atoms with Gasteiger partial charge >= 0.3 is 11.9 Å². The van der Waals surface area contributed by atoms with Crippen LogP contribution in [0.15, 0.2) is 24.3 Å². The number of ether oxygens (including phenoxy) is 2. The molecule has 1 saturated carbocycles. The maximum atomic E-state index is 12.3. The van der Waals surface area contributed by atoms with E-state index in [4.69, 9.17) is 9.47 Å². The van der Waals surface area contributed by atoms with Crippen molar-refractivity contribution in [2.45, 2.75) is 31.0 Å². The van der Waals surface area contributed by atoms with Gasteiger partial charge in [-0.15, -0.1) is 0 Å². The molecule has 0 unspecified atom stereocenters. The molecule has 108 valence electrons. The second kappa shape index (κ2) is 3.63. The van der Waals surface area contributed by atoms with Crippen molar-refractivity contribution >= 4 is 23.5 Å². The van der Waals surface area contributed by atoms with Crippen molar-refractivity contribution in [2.24, 2.45) is 5.92 Å². The zero-order chi connectivity index (χ0) is 14.8. The molecule has 0 radical (unpaired) electrons. The minimum atomic E-state index is -1.19. The second-order valence-corrected chi connectivity index (χ2v) is 5.77. The van der Waals surface area contributed by atoms with Crippen molar-refractivity contribution in [3.8, 4) is 0 Å². The Labute approximate surface area is 120 Å². The minimum absolute atomic E-state index is 0.165. The molecule has 6 heteroatoms. The van der Waals surface area contributed by atoms with Crippen molar-refractivity contribution in [2.75, 3.05) is 5.32 Å². The third-order valence-corrected chi connectivity index (χ3v) is 4.65. The van der Waals surface area contributed by atoms with E-state index in [1.165, 1.54) is 6.92 Å². The number of nitrogens with one attached hydrogen (secondary N) is 1. The van der Waals surface area contributed by atoms with E-state index in [9.17, 15) is 14.4 Å². The average molecular weight is 287 g/mol. The summed E-state index contributed by atoms with van der Waals surface area (Å²) in [6.45, 7) is 1.30. The largest absolute Gasteiger partial charge is 0.454 e. The van der Waals surface area contributed by atoms with E-state index >= 15 is 0 Å². The number of para-hydroxylation sites is 1. The lowest BCUT2D eigenvalue weighted by atomic mass is 9.50. The van der Waals surface area contributed by atoms with E-state index in [-0.39, 0.29) is 18.3 Å². The van der Waals surface area contributed by atoms with Crippen LogP contribution in [0.4, 0.5) is 5.69 Å². The first-order valence-corrected chi connectivity index (χ1v) is 6.80. The van der Waals surface area contributed by atoms with Gasteiger partial charge in [-0.25, -0.2) is 0 Å². The first-order valence-electron chi connectivity index (χ1n) is 6.80. The molecule has 1 aromatic rings. The van der Waals surface area contributed by atoms with Crippen LogP contribution < -0.4 is 5.32 Å². The summed E-state index contributed by atoms with van der Waals surface area (Å²) in [6.07, 6.45) is 0.546. The number of carbonyl (C=O) groups is 3. The van der Waals surface area contributed by atoms with Gasteiger partial charge < -0.3 is 14.8 Å². The smallest absolute Gasteiger partial charge is 0.310 e. The minimum Gasteiger partial charge on any atom is -0.454 e. The molecule has 3 atom stereocenters. The Kier molecular flexibility index (Phi) is 2.14. The Hall–Kier alpha value is -2.37. The first kappa shape index (κ1) is 12.4. The van der Waals surface area contributed by atoms with E-state index in [1.807, 2.05) is 6.07 Å². The van der Waals surface area contributed by atoms with Gasteiger partial charge in [0.15, 0.2) is 11.2 Å². The highest BCUT2D eigenvalue weighted by Crippen LogP contribution is 2.66. The van der Waals surface area contributed by atoms with Gasteiger partial charge in [0.25, 0.3) is 0 Å². The van der Waals surface area contributed by atoms with Gasteiger partial charge in [0.2, 0.25) is 5.91 Å². The summed E-state index contributed by atoms with van der Waals surface area (Å²) in [5, 5.41) is 2.82. The molecular weight excluding hydrogens is 274 g/mol. The van der Waals surface area contributed by atoms with E-state index in [2.05, 4.69) is 5.32 Å². The van der Waals surface area contributed by atoms with E-state index in [0.29, 0.717) is 17.7 Å². The molecule has 2 heterocycles. The van der Waals surface area contributed by atoms with Crippen LogP contribution in [-0.2, 0) is 29.5 Å². The predicted octanol–water partition coefficient (Wildman–Crippen LogP) is 1.10. The van der Waals surface area contributed by atoms with Crippen molar-refractivity contribution in [1.82, 2.24) is 0 Å². The van der Waals surface area contributed by atoms with Gasteiger partial charge in [0, 0.05) is 24.6 Å². The third kappa shape index (κ3) is 1.30. The summed E-state index contributed by atoms with van der Waals surface area (Å²) < 4.78 is 10.9. The zero-order valence-corrected chi connectivity index (χ0v) is 11.3. The molecule has 1 spiro atoms. The van der Waals surface area contributed by atoms with Crippen LogP contribution in [0, 0.1) is 5.92 Å². The summed E-state index contributed by atoms with van der Waals surface area (Å²) in [5.74, 6) is -1.55. The number of amides is 1. The van der Waals surface area contributed by atoms with E-state index in [1.54, 1.807) is 18.2 Å². The summed E-state index contributed by atoms with van der Waals surface area (Å²) >= 11 is 0. The van der Waals surface area contributed by atoms with Crippen LogP contribution in [0.3, 0.4) is 0 Å². The molecule has 0 aromatic heterocycles. The number of benzene rings is 1. The van der Waals surface area contributed by atoms with Gasteiger partial charge in [0.05, 0.1) is 12.3 Å². The van der Waals surface area contributed by atoms with Gasteiger partial charge in [-0.3, -0.25) is 14.4 Å². The maximum absolute atomic E-state index is 12.3. The molecule has 1 amide bonds. The zero-order valence-electron chi connectivity index (χ0n) is 11.3. The van der Waals surface area contributed by atoms with Gasteiger partial charge in [-0.2, -0.15) is 0 Å². The Balaban J connectivity index is 1.92. The number of anilines is 1. The molecule has 2 fully saturated rings. The molecule has 21 heavy (non-hydrogen) atoms. The standard InChI is InChI=1S/C15H13NO5/c1-8(17)20-15-9-4-2-3-5-11(9)16-13(19)10(15)6-14(15)7-12(18)21-14/h2-5,10H,6-7H2,1H3,(H,16,19)/t10-,14-,15-/m1/s1. The number of hydrogen-bond donors (Lipinski definition) is 1. The Morgan fingerprint density at radius 1 is 1.38 bits per heavy atom. The molecule has 0 bridgehead atoms. The van der Waals surface area contributed by atoms with Crippen molar-refractivity contribution in [3.63, 3.8) is 0 Å². The molecule has 3 aliphatic rings. The Bertz CT molecular complexity index is 689. The van der Waals surface area contributed by atoms with Crippen molar-refractivity contribution in [3.05, 3.63) is 29.8 Å². The van der Waals surface area contributed by atoms with Gasteiger partial charge in [0.1, 0.15) is 0 Å². The van der Waals surface area contributed by atoms with Crippen LogP contribution >= 0.6 is 0 Å². The van der Waals surface area contributed by atoms with Crippen LogP contribution in [-0.4, -0.2) is 23.4 Å². The fourth-order valence-corrected chi connectivity index (χ4v) is 3.87. The number of hydrogen-bond acceptors (Lipinski definition) is 5. The van der Waals surface area contributed by atoms with Crippen LogP contribution in [0.5, 0.6) is 0 Å². The topological polar surface area (TPSA) is 81.7 Å². The maximum Gasteiger partial charge on any atom is 0.310 e.